The van der Waals surface area contributed by atoms with E-state index >= 15 is 0 Å². The third-order valence-corrected chi connectivity index (χ3v) is 6.79. The Morgan fingerprint density at radius 2 is 1.92 bits per heavy atom. The van der Waals surface area contributed by atoms with Crippen molar-refractivity contribution < 1.29 is 14.3 Å². The monoisotopic (exact) mass is 527 g/mol. The number of benzene rings is 2. The van der Waals surface area contributed by atoms with Gasteiger partial charge in [0, 0.05) is 36.6 Å². The molecule has 1 fully saturated rings. The average Bonchev–Trinajstić information content (AvgIpc) is 3.53. The fraction of sp³-hybridized carbons (Fsp3) is 0.207. The summed E-state index contributed by atoms with van der Waals surface area (Å²) in [5.74, 6) is 0.263. The van der Waals surface area contributed by atoms with Crippen molar-refractivity contribution in [1.29, 1.82) is 0 Å². The maximum absolute atomic E-state index is 12.3. The lowest BCUT2D eigenvalue weighted by Gasteiger charge is -2.29. The summed E-state index contributed by atoms with van der Waals surface area (Å²) in [5.41, 5.74) is 5.48. The summed E-state index contributed by atoms with van der Waals surface area (Å²) in [6, 6.07) is 23.6. The van der Waals surface area contributed by atoms with E-state index in [1.807, 2.05) is 42.5 Å². The number of carbonyl (C=O) groups excluding carboxylic acids is 1. The zero-order chi connectivity index (χ0) is 26.6. The van der Waals surface area contributed by atoms with Gasteiger partial charge >= 0.3 is 0 Å². The van der Waals surface area contributed by atoms with E-state index in [1.165, 1.54) is 12.7 Å². The van der Waals surface area contributed by atoms with Crippen molar-refractivity contribution in [3.05, 3.63) is 102 Å². The first kappa shape index (κ1) is 25.4. The Bertz CT molecular complexity index is 1460. The van der Waals surface area contributed by atoms with Crippen LogP contribution in [0.3, 0.4) is 0 Å². The van der Waals surface area contributed by atoms with Gasteiger partial charge in [-0.25, -0.2) is 0 Å². The van der Waals surface area contributed by atoms with Crippen molar-refractivity contribution in [2.45, 2.75) is 19.0 Å². The molecule has 0 unspecified atom stereocenters. The highest BCUT2D eigenvalue weighted by atomic mass is 32.1. The number of aromatic nitrogens is 2. The van der Waals surface area contributed by atoms with E-state index in [1.54, 1.807) is 13.3 Å². The molecule has 2 aromatic carbocycles. The molecule has 0 spiro atoms. The first-order valence-electron chi connectivity index (χ1n) is 12.2. The van der Waals surface area contributed by atoms with Crippen molar-refractivity contribution in [3.8, 4) is 11.4 Å². The molecule has 0 saturated carbocycles. The molecule has 4 aromatic rings. The number of nitrogens with zero attached hydrogens (tertiary/aromatic N) is 3. The molecular weight excluding hydrogens is 498 g/mol. The van der Waals surface area contributed by atoms with Gasteiger partial charge in [0.2, 0.25) is 5.91 Å². The second-order valence-electron chi connectivity index (χ2n) is 9.00. The van der Waals surface area contributed by atoms with Gasteiger partial charge in [0.15, 0.2) is 5.11 Å². The molecule has 3 heterocycles. The molecule has 0 radical (unpaired) electrons. The van der Waals surface area contributed by atoms with Gasteiger partial charge in [-0.3, -0.25) is 9.78 Å². The molecule has 0 bridgehead atoms. The number of methoxy groups -OCH3 is 2. The van der Waals surface area contributed by atoms with E-state index in [-0.39, 0.29) is 24.6 Å². The maximum Gasteiger partial charge on any atom is 0.250 e. The summed E-state index contributed by atoms with van der Waals surface area (Å²) >= 11 is 5.90. The number of thiocarbonyl (C=S) groups is 1. The van der Waals surface area contributed by atoms with Gasteiger partial charge in [0.1, 0.15) is 18.4 Å². The number of ether oxygens (including phenoxy) is 2. The van der Waals surface area contributed by atoms with Crippen LogP contribution in [0.2, 0.25) is 0 Å². The van der Waals surface area contributed by atoms with Crippen LogP contribution in [0, 0.1) is 6.92 Å². The molecule has 38 heavy (non-hydrogen) atoms. The average molecular weight is 528 g/mol. The molecule has 9 heteroatoms. The molecule has 194 valence electrons. The Balaban J connectivity index is 1.63. The van der Waals surface area contributed by atoms with Crippen molar-refractivity contribution in [2.24, 2.45) is 0 Å². The van der Waals surface area contributed by atoms with E-state index in [2.05, 4.69) is 68.5 Å². The van der Waals surface area contributed by atoms with Crippen LogP contribution in [-0.2, 0) is 9.53 Å². The number of hydrogen-bond donors (Lipinski definition) is 2. The molecule has 8 nitrogen and oxygen atoms in total. The highest BCUT2D eigenvalue weighted by Gasteiger charge is 2.42. The Kier molecular flexibility index (Phi) is 7.39. The predicted octanol–water partition coefficient (Wildman–Crippen LogP) is 4.95. The lowest BCUT2D eigenvalue weighted by molar-refractivity contribution is -0.119. The van der Waals surface area contributed by atoms with Crippen LogP contribution >= 0.6 is 12.2 Å². The van der Waals surface area contributed by atoms with E-state index in [4.69, 9.17) is 21.7 Å². The summed E-state index contributed by atoms with van der Waals surface area (Å²) in [5, 5.41) is 6.94. The fourth-order valence-electron chi connectivity index (χ4n) is 4.84. The fourth-order valence-corrected chi connectivity index (χ4v) is 5.19. The van der Waals surface area contributed by atoms with E-state index in [0.29, 0.717) is 16.5 Å². The molecule has 5 rings (SSSR count). The van der Waals surface area contributed by atoms with Crippen LogP contribution in [0.4, 0.5) is 11.4 Å². The number of anilines is 2. The van der Waals surface area contributed by atoms with E-state index in [9.17, 15) is 4.79 Å². The molecule has 1 saturated heterocycles. The Morgan fingerprint density at radius 1 is 1.05 bits per heavy atom. The number of rotatable bonds is 8. The number of pyridine rings is 1. The van der Waals surface area contributed by atoms with Gasteiger partial charge in [0.05, 0.1) is 24.5 Å². The SMILES string of the molecule is COCC(=O)Nc1cc(N2C(=S)N[C@H](c3ccccn3)[C@@H]2c2cccn2-c2cccc(C)c2)ccc1OC. The predicted molar refractivity (Wildman–Crippen MR) is 152 cm³/mol. The van der Waals surface area contributed by atoms with E-state index in [0.717, 1.165) is 22.8 Å². The lowest BCUT2D eigenvalue weighted by atomic mass is 10.0. The van der Waals surface area contributed by atoms with Crippen molar-refractivity contribution >= 4 is 34.6 Å². The van der Waals surface area contributed by atoms with Gasteiger partial charge in [0.25, 0.3) is 0 Å². The normalized spacial score (nSPS) is 16.8. The minimum absolute atomic E-state index is 0.0640. The molecule has 0 aliphatic carbocycles. The molecule has 1 aliphatic rings. The first-order chi connectivity index (χ1) is 18.5. The van der Waals surface area contributed by atoms with Crippen molar-refractivity contribution in [1.82, 2.24) is 14.9 Å². The smallest absolute Gasteiger partial charge is 0.250 e. The standard InChI is InChI=1S/C29H29N5O3S/c1-19-8-6-9-20(16-19)33-15-7-11-24(33)28-27(22-10-4-5-14-30-22)32-29(38)34(28)21-12-13-25(37-3)23(17-21)31-26(35)18-36-2/h4-17,27-28H,18H2,1-3H3,(H,31,35)(H,32,38)/t27-,28+/m1/s1. The van der Waals surface area contributed by atoms with Gasteiger partial charge in [-0.1, -0.05) is 18.2 Å². The van der Waals surface area contributed by atoms with Crippen molar-refractivity contribution in [3.63, 3.8) is 0 Å². The van der Waals surface area contributed by atoms with Crippen LogP contribution in [0.15, 0.2) is 85.2 Å². The third kappa shape index (κ3) is 4.98. The minimum Gasteiger partial charge on any atom is -0.495 e. The molecular formula is C29H29N5O3S. The van der Waals surface area contributed by atoms with Crippen molar-refractivity contribution in [2.75, 3.05) is 31.0 Å². The van der Waals surface area contributed by atoms with Crippen LogP contribution in [0.25, 0.3) is 5.69 Å². The Morgan fingerprint density at radius 3 is 2.66 bits per heavy atom. The first-order valence-corrected chi connectivity index (χ1v) is 12.6. The second-order valence-corrected chi connectivity index (χ2v) is 9.39. The zero-order valence-corrected chi connectivity index (χ0v) is 22.2. The minimum atomic E-state index is -0.277. The quantitative estimate of drug-likeness (QED) is 0.314. The molecule has 2 atom stereocenters. The Hall–Kier alpha value is -4.21. The summed E-state index contributed by atoms with van der Waals surface area (Å²) in [6.07, 6.45) is 3.85. The van der Waals surface area contributed by atoms with Gasteiger partial charge < -0.3 is 29.6 Å². The highest BCUT2D eigenvalue weighted by Crippen LogP contribution is 2.43. The zero-order valence-electron chi connectivity index (χ0n) is 21.4. The van der Waals surface area contributed by atoms with E-state index < -0.39 is 0 Å². The van der Waals surface area contributed by atoms with Gasteiger partial charge in [-0.05, 0) is 79.3 Å². The molecule has 1 amide bonds. The largest absolute Gasteiger partial charge is 0.495 e. The van der Waals surface area contributed by atoms with Gasteiger partial charge in [-0.2, -0.15) is 0 Å². The topological polar surface area (TPSA) is 80.7 Å². The maximum atomic E-state index is 12.3. The number of nitrogens with one attached hydrogen (secondary N) is 2. The van der Waals surface area contributed by atoms with Crippen LogP contribution in [0.5, 0.6) is 5.75 Å². The third-order valence-electron chi connectivity index (χ3n) is 6.47. The van der Waals surface area contributed by atoms with Crippen LogP contribution in [-0.4, -0.2) is 41.4 Å². The van der Waals surface area contributed by atoms with Crippen LogP contribution < -0.4 is 20.3 Å². The number of hydrogen-bond acceptors (Lipinski definition) is 5. The van der Waals surface area contributed by atoms with Crippen LogP contribution in [0.1, 0.15) is 29.0 Å². The van der Waals surface area contributed by atoms with Gasteiger partial charge in [-0.15, -0.1) is 0 Å². The number of amides is 1. The summed E-state index contributed by atoms with van der Waals surface area (Å²) in [7, 11) is 3.05. The summed E-state index contributed by atoms with van der Waals surface area (Å²) in [4.78, 5) is 19.1. The number of aryl methyl sites for hydroxylation is 1. The highest BCUT2D eigenvalue weighted by molar-refractivity contribution is 7.80. The summed E-state index contributed by atoms with van der Waals surface area (Å²) in [6.45, 7) is 2.02. The molecule has 2 N–H and O–H groups in total. The summed E-state index contributed by atoms with van der Waals surface area (Å²) < 4.78 is 12.7. The molecule has 2 aromatic heterocycles. The second kappa shape index (κ2) is 11.0. The number of carbonyl (C=O) groups is 1. The lowest BCUT2D eigenvalue weighted by Crippen LogP contribution is -2.30. The molecule has 1 aliphatic heterocycles. The Labute approximate surface area is 227 Å².